The van der Waals surface area contributed by atoms with Crippen LogP contribution in [0.2, 0.25) is 0 Å². The number of Topliss-reactive ketones (excluding diaryl/α,β-unsaturated/α-hetero) is 1. The number of para-hydroxylation sites is 1. The molecule has 3 rings (SSSR count). The number of aliphatic carboxylic acids is 1. The first-order valence-electron chi connectivity index (χ1n) is 23.0. The number of aromatic nitrogens is 1. The van der Waals surface area contributed by atoms with Crippen LogP contribution in [0, 0.1) is 35.5 Å². The third-order valence-electron chi connectivity index (χ3n) is 13.4. The Balaban J connectivity index is 1.69. The first kappa shape index (κ1) is 53.0. The molecule has 10 atom stereocenters. The van der Waals surface area contributed by atoms with Crippen LogP contribution in [0.15, 0.2) is 30.5 Å². The molecule has 1 aromatic heterocycles. The second-order valence-corrected chi connectivity index (χ2v) is 18.6. The zero-order chi connectivity index (χ0) is 47.1. The summed E-state index contributed by atoms with van der Waals surface area (Å²) in [7, 11) is 4.96. The number of ketones is 1. The molecular weight excluding hydrogens is 805 g/mol. The molecule has 0 saturated carbocycles. The minimum atomic E-state index is -0.946. The number of ether oxygens (including phenoxy) is 2. The van der Waals surface area contributed by atoms with Crippen molar-refractivity contribution in [2.24, 2.45) is 41.2 Å². The highest BCUT2D eigenvalue weighted by Crippen LogP contribution is 2.33. The second-order valence-electron chi connectivity index (χ2n) is 18.6. The Hall–Kier alpha value is -4.34. The number of amides is 4. The van der Waals surface area contributed by atoms with E-state index in [0.29, 0.717) is 38.8 Å². The van der Waals surface area contributed by atoms with Gasteiger partial charge in [0.05, 0.1) is 42.7 Å². The van der Waals surface area contributed by atoms with Gasteiger partial charge in [-0.25, -0.2) is 0 Å². The number of nitrogens with one attached hydrogen (secondary N) is 3. The molecule has 2 aromatic rings. The number of aromatic amines is 1. The number of fused-ring (bicyclic) bond motifs is 1. The molecule has 0 bridgehead atoms. The molecule has 1 aliphatic rings. The normalized spacial score (nSPS) is 18.7. The number of primary amides is 1. The highest BCUT2D eigenvalue weighted by atomic mass is 16.5. The van der Waals surface area contributed by atoms with E-state index in [4.69, 9.17) is 20.3 Å². The number of methoxy groups -OCH3 is 2. The van der Waals surface area contributed by atoms with Crippen molar-refractivity contribution in [2.45, 2.75) is 150 Å². The van der Waals surface area contributed by atoms with Gasteiger partial charge in [0.25, 0.3) is 0 Å². The highest BCUT2D eigenvalue weighted by molar-refractivity contribution is 5.92. The number of carboxylic acids is 1. The highest BCUT2D eigenvalue weighted by Gasteiger charge is 2.42. The maximum atomic E-state index is 14.3. The van der Waals surface area contributed by atoms with Crippen LogP contribution in [0.3, 0.4) is 0 Å². The van der Waals surface area contributed by atoms with Crippen molar-refractivity contribution >= 4 is 46.3 Å². The Morgan fingerprint density at radius 2 is 1.63 bits per heavy atom. The van der Waals surface area contributed by atoms with E-state index in [1.165, 1.54) is 7.11 Å². The standard InChI is InChI=1S/C48H78N6O9/c1-12-30(6)34(22-21-31(7)44(58)42(28(2)3)52-48(61)43(29(4)5)53(9)23-16-20-41(56)57)39(62-10)26-40(55)54-24-15-19-38(54)45(63-11)32(8)47(60)51-37(46(49)59)25-33-27-50-36-18-14-13-17-35(33)36/h13-14,17-18,27-32,34,37-39,42-43,45,50H,12,15-16,19-26H2,1-11H3,(H2,49,59)(H,51,60)(H,52,61)(H,56,57). The van der Waals surface area contributed by atoms with Crippen molar-refractivity contribution in [2.75, 3.05) is 34.4 Å². The van der Waals surface area contributed by atoms with Gasteiger partial charge in [-0.1, -0.05) is 80.0 Å². The lowest BCUT2D eigenvalue weighted by molar-refractivity contribution is -0.143. The Labute approximate surface area is 375 Å². The molecule has 1 fully saturated rings. The third-order valence-corrected chi connectivity index (χ3v) is 13.4. The van der Waals surface area contributed by atoms with Crippen LogP contribution in [-0.2, 0) is 44.7 Å². The molecule has 63 heavy (non-hydrogen) atoms. The van der Waals surface area contributed by atoms with E-state index in [-0.39, 0.29) is 78.4 Å². The number of carbonyl (C=O) groups is 6. The van der Waals surface area contributed by atoms with Crippen molar-refractivity contribution < 1.29 is 43.3 Å². The van der Waals surface area contributed by atoms with Gasteiger partial charge in [-0.15, -0.1) is 0 Å². The molecule has 15 nitrogen and oxygen atoms in total. The topological polar surface area (TPSA) is 213 Å². The molecule has 1 aromatic carbocycles. The van der Waals surface area contributed by atoms with E-state index in [1.807, 2.05) is 81.9 Å². The van der Waals surface area contributed by atoms with Gasteiger partial charge in [0.15, 0.2) is 5.78 Å². The maximum Gasteiger partial charge on any atom is 0.303 e. The molecule has 4 amide bonds. The van der Waals surface area contributed by atoms with E-state index in [9.17, 15) is 28.8 Å². The molecule has 2 heterocycles. The third kappa shape index (κ3) is 14.6. The summed E-state index contributed by atoms with van der Waals surface area (Å²) in [6.45, 7) is 16.5. The molecular formula is C48H78N6O9. The summed E-state index contributed by atoms with van der Waals surface area (Å²) >= 11 is 0. The van der Waals surface area contributed by atoms with Gasteiger partial charge in [0, 0.05) is 56.6 Å². The van der Waals surface area contributed by atoms with Crippen LogP contribution >= 0.6 is 0 Å². The van der Waals surface area contributed by atoms with E-state index >= 15 is 0 Å². The summed E-state index contributed by atoms with van der Waals surface area (Å²) in [6.07, 6.45) is 4.93. The van der Waals surface area contributed by atoms with Crippen molar-refractivity contribution in [3.8, 4) is 0 Å². The van der Waals surface area contributed by atoms with Crippen molar-refractivity contribution in [1.82, 2.24) is 25.4 Å². The predicted molar refractivity (Wildman–Crippen MR) is 244 cm³/mol. The zero-order valence-corrected chi connectivity index (χ0v) is 39.8. The molecule has 1 saturated heterocycles. The van der Waals surface area contributed by atoms with Crippen LogP contribution in [0.4, 0.5) is 0 Å². The summed E-state index contributed by atoms with van der Waals surface area (Å²) in [4.78, 5) is 86.3. The number of likely N-dealkylation sites (N-methyl/N-ethyl adjacent to an activating group) is 1. The summed E-state index contributed by atoms with van der Waals surface area (Å²) in [5, 5.41) is 15.9. The van der Waals surface area contributed by atoms with E-state index in [0.717, 1.165) is 29.3 Å². The van der Waals surface area contributed by atoms with Crippen molar-refractivity contribution in [3.05, 3.63) is 36.0 Å². The molecule has 10 unspecified atom stereocenters. The number of carbonyl (C=O) groups excluding carboxylic acids is 5. The van der Waals surface area contributed by atoms with Gasteiger partial charge in [0.1, 0.15) is 6.04 Å². The van der Waals surface area contributed by atoms with Crippen LogP contribution in [0.1, 0.15) is 112 Å². The van der Waals surface area contributed by atoms with Gasteiger partial charge in [-0.3, -0.25) is 33.7 Å². The molecule has 0 aliphatic carbocycles. The number of nitrogens with zero attached hydrogens (tertiary/aromatic N) is 2. The second kappa shape index (κ2) is 25.2. The fourth-order valence-electron chi connectivity index (χ4n) is 9.50. The number of likely N-dealkylation sites (tertiary alicyclic amines) is 1. The van der Waals surface area contributed by atoms with Gasteiger partial charge >= 0.3 is 5.97 Å². The largest absolute Gasteiger partial charge is 0.481 e. The summed E-state index contributed by atoms with van der Waals surface area (Å²) in [6, 6.07) is 5.17. The SMILES string of the molecule is CCC(C)C(CCC(C)C(=O)C(NC(=O)C(C(C)C)N(C)CCCC(=O)O)C(C)C)C(CC(=O)N1CCCC1C(OC)C(C)C(=O)NC(Cc1c[nH]c2ccccc12)C(N)=O)OC. The predicted octanol–water partition coefficient (Wildman–Crippen LogP) is 5.34. The lowest BCUT2D eigenvalue weighted by atomic mass is 9.79. The van der Waals surface area contributed by atoms with Gasteiger partial charge in [-0.05, 0) is 81.0 Å². The minimum absolute atomic E-state index is 0.0131. The van der Waals surface area contributed by atoms with Crippen molar-refractivity contribution in [1.29, 1.82) is 0 Å². The smallest absolute Gasteiger partial charge is 0.303 e. The first-order valence-corrected chi connectivity index (χ1v) is 23.0. The maximum absolute atomic E-state index is 14.3. The first-order chi connectivity index (χ1) is 29.8. The lowest BCUT2D eigenvalue weighted by Gasteiger charge is -2.36. The van der Waals surface area contributed by atoms with Crippen LogP contribution in [0.25, 0.3) is 10.9 Å². The fraction of sp³-hybridized carbons (Fsp3) is 0.708. The molecule has 1 aliphatic heterocycles. The molecule has 0 spiro atoms. The van der Waals surface area contributed by atoms with Crippen LogP contribution < -0.4 is 16.4 Å². The molecule has 0 radical (unpaired) electrons. The Kier molecular flexibility index (Phi) is 21.2. The number of hydrogen-bond acceptors (Lipinski definition) is 9. The van der Waals surface area contributed by atoms with Crippen molar-refractivity contribution in [3.63, 3.8) is 0 Å². The molecule has 354 valence electrons. The van der Waals surface area contributed by atoms with E-state index < -0.39 is 48.1 Å². The molecule has 6 N–H and O–H groups in total. The monoisotopic (exact) mass is 883 g/mol. The minimum Gasteiger partial charge on any atom is -0.481 e. The van der Waals surface area contributed by atoms with Crippen LogP contribution in [0.5, 0.6) is 0 Å². The number of benzene rings is 1. The molecule has 15 heteroatoms. The number of hydrogen-bond donors (Lipinski definition) is 5. The Morgan fingerprint density at radius 3 is 2.22 bits per heavy atom. The summed E-state index contributed by atoms with van der Waals surface area (Å²) < 4.78 is 12.0. The van der Waals surface area contributed by atoms with Gasteiger partial charge in [0.2, 0.25) is 23.6 Å². The number of H-pyrrole nitrogens is 1. The van der Waals surface area contributed by atoms with Gasteiger partial charge in [-0.2, -0.15) is 0 Å². The number of nitrogens with two attached hydrogens (primary N) is 1. The van der Waals surface area contributed by atoms with Crippen LogP contribution in [-0.4, -0.2) is 126 Å². The number of carboxylic acid groups (broad SMARTS) is 1. The lowest BCUT2D eigenvalue weighted by Crippen LogP contribution is -2.55. The average molecular weight is 883 g/mol. The quantitative estimate of drug-likeness (QED) is 0.0741. The van der Waals surface area contributed by atoms with E-state index in [1.54, 1.807) is 14.0 Å². The summed E-state index contributed by atoms with van der Waals surface area (Å²) in [5.41, 5.74) is 7.57. The zero-order valence-electron chi connectivity index (χ0n) is 39.8. The number of rotatable bonds is 28. The Bertz CT molecular complexity index is 1810. The fourth-order valence-corrected chi connectivity index (χ4v) is 9.50. The average Bonchev–Trinajstić information content (AvgIpc) is 3.89. The Morgan fingerprint density at radius 1 is 0.952 bits per heavy atom. The van der Waals surface area contributed by atoms with E-state index in [2.05, 4.69) is 29.5 Å². The van der Waals surface area contributed by atoms with Gasteiger partial charge < -0.3 is 40.8 Å². The summed E-state index contributed by atoms with van der Waals surface area (Å²) in [5.74, 6) is -3.47.